The van der Waals surface area contributed by atoms with E-state index < -0.39 is 0 Å². The molecule has 3 nitrogen and oxygen atoms in total. The molecular formula is C6H3N2O. The van der Waals surface area contributed by atoms with Crippen molar-refractivity contribution in [1.29, 1.82) is 0 Å². The Balaban J connectivity index is 2.95. The topological polar surface area (TPSA) is 38.9 Å². The van der Waals surface area contributed by atoms with Gasteiger partial charge in [0.05, 0.1) is 12.5 Å². The van der Waals surface area contributed by atoms with Crippen LogP contribution >= 0.6 is 0 Å². The van der Waals surface area contributed by atoms with E-state index in [1.54, 1.807) is 18.5 Å². The molecule has 9 heavy (non-hydrogen) atoms. The zero-order chi connectivity index (χ0) is 6.10. The molecule has 2 aromatic heterocycles. The van der Waals surface area contributed by atoms with Gasteiger partial charge in [-0.15, -0.1) is 0 Å². The highest BCUT2D eigenvalue weighted by atomic mass is 16.3. The van der Waals surface area contributed by atoms with Gasteiger partial charge in [-0.05, 0) is 0 Å². The third-order valence-electron chi connectivity index (χ3n) is 1.08. The van der Waals surface area contributed by atoms with E-state index in [0.29, 0.717) is 5.58 Å². The largest absolute Gasteiger partial charge is 0.461 e. The van der Waals surface area contributed by atoms with E-state index >= 15 is 0 Å². The molecule has 0 saturated carbocycles. The molecule has 0 aliphatic rings. The highest BCUT2D eigenvalue weighted by molar-refractivity contribution is 5.70. The van der Waals surface area contributed by atoms with Gasteiger partial charge in [0.1, 0.15) is 5.52 Å². The van der Waals surface area contributed by atoms with Gasteiger partial charge < -0.3 is 4.42 Å². The minimum absolute atomic E-state index is 0.703. The van der Waals surface area contributed by atoms with Crippen LogP contribution < -0.4 is 0 Å². The Morgan fingerprint density at radius 2 is 2.56 bits per heavy atom. The van der Waals surface area contributed by atoms with Gasteiger partial charge in [0.25, 0.3) is 0 Å². The molecule has 2 aromatic rings. The van der Waals surface area contributed by atoms with Crippen LogP contribution in [0.15, 0.2) is 22.9 Å². The molecular weight excluding hydrogens is 116 g/mol. The van der Waals surface area contributed by atoms with Gasteiger partial charge in [0.15, 0.2) is 11.9 Å². The van der Waals surface area contributed by atoms with Gasteiger partial charge in [-0.1, -0.05) is 0 Å². The van der Waals surface area contributed by atoms with Crippen LogP contribution in [0, 0.1) is 6.33 Å². The second kappa shape index (κ2) is 1.55. The number of fused-ring (bicyclic) bond motifs is 1. The highest BCUT2D eigenvalue weighted by Gasteiger charge is 1.92. The summed E-state index contributed by atoms with van der Waals surface area (Å²) >= 11 is 0. The Morgan fingerprint density at radius 1 is 1.56 bits per heavy atom. The van der Waals surface area contributed by atoms with Crippen LogP contribution in [0.4, 0.5) is 0 Å². The van der Waals surface area contributed by atoms with Crippen LogP contribution in [-0.4, -0.2) is 9.97 Å². The number of hydrogen-bond donors (Lipinski definition) is 0. The normalized spacial score (nSPS) is 10.2. The summed E-state index contributed by atoms with van der Waals surface area (Å²) in [5.74, 6) is 0. The lowest BCUT2D eigenvalue weighted by atomic mass is 10.5. The first-order valence-electron chi connectivity index (χ1n) is 2.53. The molecule has 0 unspecified atom stereocenters. The van der Waals surface area contributed by atoms with Gasteiger partial charge in [0.2, 0.25) is 0 Å². The van der Waals surface area contributed by atoms with Crippen molar-refractivity contribution in [3.63, 3.8) is 0 Å². The van der Waals surface area contributed by atoms with Gasteiger partial charge in [-0.2, -0.15) is 0 Å². The maximum absolute atomic E-state index is 4.97. The van der Waals surface area contributed by atoms with Gasteiger partial charge in [0, 0.05) is 6.07 Å². The third kappa shape index (κ3) is 0.579. The monoisotopic (exact) mass is 119 g/mol. The quantitative estimate of drug-likeness (QED) is 0.519. The molecule has 0 spiro atoms. The van der Waals surface area contributed by atoms with Crippen LogP contribution in [0.25, 0.3) is 11.1 Å². The molecule has 0 aliphatic heterocycles. The fourth-order valence-electron chi connectivity index (χ4n) is 0.673. The predicted molar refractivity (Wildman–Crippen MR) is 30.6 cm³/mol. The molecule has 0 bridgehead atoms. The SMILES string of the molecule is [c]1ncc2occc2n1. The fourth-order valence-corrected chi connectivity index (χ4v) is 0.673. The van der Waals surface area contributed by atoms with Gasteiger partial charge in [-0.25, -0.2) is 9.97 Å². The standard InChI is InChI=1S/C6H3N2O/c1-2-9-6-3-7-4-8-5(1)6/h1-3H. The molecule has 0 aliphatic carbocycles. The van der Waals surface area contributed by atoms with Crippen molar-refractivity contribution in [3.8, 4) is 0 Å². The van der Waals surface area contributed by atoms with Crippen LogP contribution in [0.5, 0.6) is 0 Å². The van der Waals surface area contributed by atoms with E-state index in [9.17, 15) is 0 Å². The predicted octanol–water partition coefficient (Wildman–Crippen LogP) is 1.02. The summed E-state index contributed by atoms with van der Waals surface area (Å²) in [6.45, 7) is 0. The van der Waals surface area contributed by atoms with E-state index in [4.69, 9.17) is 4.42 Å². The van der Waals surface area contributed by atoms with Gasteiger partial charge >= 0.3 is 0 Å². The van der Waals surface area contributed by atoms with Crippen LogP contribution in [0.1, 0.15) is 0 Å². The summed E-state index contributed by atoms with van der Waals surface area (Å²) in [4.78, 5) is 7.47. The molecule has 0 fully saturated rings. The first kappa shape index (κ1) is 4.49. The molecule has 3 heteroatoms. The van der Waals surface area contributed by atoms with E-state index in [2.05, 4.69) is 16.3 Å². The van der Waals surface area contributed by atoms with Crippen molar-refractivity contribution in [2.45, 2.75) is 0 Å². The Bertz CT molecular complexity index is 285. The van der Waals surface area contributed by atoms with Crippen molar-refractivity contribution in [3.05, 3.63) is 24.9 Å². The molecule has 43 valence electrons. The zero-order valence-electron chi connectivity index (χ0n) is 4.53. The van der Waals surface area contributed by atoms with E-state index in [1.165, 1.54) is 0 Å². The number of rotatable bonds is 0. The van der Waals surface area contributed by atoms with Gasteiger partial charge in [-0.3, -0.25) is 0 Å². The zero-order valence-corrected chi connectivity index (χ0v) is 4.53. The van der Waals surface area contributed by atoms with E-state index in [0.717, 1.165) is 5.52 Å². The Morgan fingerprint density at radius 3 is 3.44 bits per heavy atom. The van der Waals surface area contributed by atoms with Crippen LogP contribution in [0.2, 0.25) is 0 Å². The summed E-state index contributed by atoms with van der Waals surface area (Å²) in [7, 11) is 0. The third-order valence-corrected chi connectivity index (χ3v) is 1.08. The fraction of sp³-hybridized carbons (Fsp3) is 0. The van der Waals surface area contributed by atoms with Crippen molar-refractivity contribution in [1.82, 2.24) is 9.97 Å². The van der Waals surface area contributed by atoms with E-state index in [-0.39, 0.29) is 0 Å². The minimum atomic E-state index is 0.703. The summed E-state index contributed by atoms with van der Waals surface area (Å²) in [5.41, 5.74) is 1.50. The van der Waals surface area contributed by atoms with Crippen LogP contribution in [0.3, 0.4) is 0 Å². The van der Waals surface area contributed by atoms with Crippen molar-refractivity contribution < 1.29 is 4.42 Å². The highest BCUT2D eigenvalue weighted by Crippen LogP contribution is 2.07. The van der Waals surface area contributed by atoms with E-state index in [1.807, 2.05) is 0 Å². The number of nitrogens with zero attached hydrogens (tertiary/aromatic N) is 2. The minimum Gasteiger partial charge on any atom is -0.461 e. The lowest BCUT2D eigenvalue weighted by Gasteiger charge is -1.79. The summed E-state index contributed by atoms with van der Waals surface area (Å²) in [5, 5.41) is 0. The molecule has 0 saturated heterocycles. The van der Waals surface area contributed by atoms with Crippen molar-refractivity contribution >= 4 is 11.1 Å². The second-order valence-corrected chi connectivity index (χ2v) is 1.64. The number of hydrogen-bond acceptors (Lipinski definition) is 3. The average Bonchev–Trinajstić information content (AvgIpc) is 2.33. The smallest absolute Gasteiger partial charge is 0.198 e. The maximum atomic E-state index is 4.97. The first-order valence-corrected chi connectivity index (χ1v) is 2.53. The molecule has 2 rings (SSSR count). The number of aromatic nitrogens is 2. The summed E-state index contributed by atoms with van der Waals surface area (Å²) in [6, 6.07) is 1.77. The molecule has 0 aromatic carbocycles. The van der Waals surface area contributed by atoms with Crippen molar-refractivity contribution in [2.24, 2.45) is 0 Å². The maximum Gasteiger partial charge on any atom is 0.198 e. The molecule has 1 radical (unpaired) electrons. The second-order valence-electron chi connectivity index (χ2n) is 1.64. The Labute approximate surface area is 51.3 Å². The number of furan rings is 1. The molecule has 0 N–H and O–H groups in total. The van der Waals surface area contributed by atoms with Crippen LogP contribution in [-0.2, 0) is 0 Å². The first-order chi connectivity index (χ1) is 4.47. The molecule has 0 amide bonds. The summed E-state index contributed by atoms with van der Waals surface area (Å²) < 4.78 is 4.97. The lowest BCUT2D eigenvalue weighted by molar-refractivity contribution is 0.613. The lowest BCUT2D eigenvalue weighted by Crippen LogP contribution is -1.73. The molecule has 0 atom stereocenters. The molecule has 2 heterocycles. The Hall–Kier alpha value is -1.38. The average molecular weight is 119 g/mol. The summed E-state index contributed by atoms with van der Waals surface area (Å²) in [6.07, 6.45) is 5.62. The Kier molecular flexibility index (Phi) is 0.773. The van der Waals surface area contributed by atoms with Crippen molar-refractivity contribution in [2.75, 3.05) is 0 Å².